The summed E-state index contributed by atoms with van der Waals surface area (Å²) < 4.78 is 6.89. The Bertz CT molecular complexity index is 586. The van der Waals surface area contributed by atoms with Crippen molar-refractivity contribution < 1.29 is 9.53 Å². The lowest BCUT2D eigenvalue weighted by atomic mass is 10.2. The van der Waals surface area contributed by atoms with E-state index in [4.69, 9.17) is 4.74 Å². The van der Waals surface area contributed by atoms with Gasteiger partial charge in [-0.1, -0.05) is 27.3 Å². The molecule has 0 spiro atoms. The number of thiazole rings is 1. The number of nitrogens with zero attached hydrogens (tertiary/aromatic N) is 1. The smallest absolute Gasteiger partial charge is 0.261 e. The Morgan fingerprint density at radius 2 is 2.22 bits per heavy atom. The number of carbonyl (C=O) groups is 1. The van der Waals surface area contributed by atoms with Crippen LogP contribution in [0.15, 0.2) is 32.7 Å². The van der Waals surface area contributed by atoms with Crippen LogP contribution in [0, 0.1) is 0 Å². The van der Waals surface area contributed by atoms with Gasteiger partial charge in [0.1, 0.15) is 5.75 Å². The largest absolute Gasteiger partial charge is 0.496 e. The normalized spacial score (nSPS) is 10.2. The Kier molecular flexibility index (Phi) is 4.36. The monoisotopic (exact) mass is 390 g/mol. The molecule has 94 valence electrons. The van der Waals surface area contributed by atoms with Gasteiger partial charge in [0.2, 0.25) is 0 Å². The number of rotatable bonds is 3. The third-order valence-electron chi connectivity index (χ3n) is 2.11. The SMILES string of the molecule is COc1cc(Br)ccc1C(=O)Nc1ncc(Br)s1. The van der Waals surface area contributed by atoms with E-state index < -0.39 is 0 Å². The van der Waals surface area contributed by atoms with E-state index in [1.165, 1.54) is 18.4 Å². The molecule has 4 nitrogen and oxygen atoms in total. The summed E-state index contributed by atoms with van der Waals surface area (Å²) in [4.78, 5) is 16.1. The molecule has 0 radical (unpaired) electrons. The molecule has 1 aromatic carbocycles. The maximum absolute atomic E-state index is 12.1. The highest BCUT2D eigenvalue weighted by molar-refractivity contribution is 9.11. The van der Waals surface area contributed by atoms with E-state index in [9.17, 15) is 4.79 Å². The van der Waals surface area contributed by atoms with Gasteiger partial charge in [0.15, 0.2) is 5.13 Å². The van der Waals surface area contributed by atoms with E-state index in [0.29, 0.717) is 16.4 Å². The minimum absolute atomic E-state index is 0.249. The zero-order valence-electron chi connectivity index (χ0n) is 9.24. The summed E-state index contributed by atoms with van der Waals surface area (Å²) in [5.74, 6) is 0.263. The lowest BCUT2D eigenvalue weighted by Crippen LogP contribution is -2.12. The van der Waals surface area contributed by atoms with Crippen molar-refractivity contribution >= 4 is 54.2 Å². The van der Waals surface area contributed by atoms with Crippen LogP contribution in [0.3, 0.4) is 0 Å². The molecule has 0 aliphatic rings. The number of carbonyl (C=O) groups excluding carboxylic acids is 1. The highest BCUT2D eigenvalue weighted by atomic mass is 79.9. The number of methoxy groups -OCH3 is 1. The topological polar surface area (TPSA) is 51.2 Å². The van der Waals surface area contributed by atoms with E-state index in [0.717, 1.165) is 8.26 Å². The van der Waals surface area contributed by atoms with Crippen LogP contribution in [0.2, 0.25) is 0 Å². The highest BCUT2D eigenvalue weighted by Crippen LogP contribution is 2.27. The minimum Gasteiger partial charge on any atom is -0.496 e. The van der Waals surface area contributed by atoms with Gasteiger partial charge < -0.3 is 4.74 Å². The first-order valence-corrected chi connectivity index (χ1v) is 7.26. The van der Waals surface area contributed by atoms with Crippen LogP contribution in [0.25, 0.3) is 0 Å². The number of halogens is 2. The third-order valence-corrected chi connectivity index (χ3v) is 3.99. The number of nitrogens with one attached hydrogen (secondary N) is 1. The average Bonchev–Trinajstić information content (AvgIpc) is 2.74. The number of ether oxygens (including phenoxy) is 1. The van der Waals surface area contributed by atoms with Crippen molar-refractivity contribution in [3.63, 3.8) is 0 Å². The van der Waals surface area contributed by atoms with Gasteiger partial charge in [0.25, 0.3) is 5.91 Å². The molecule has 0 saturated heterocycles. The lowest BCUT2D eigenvalue weighted by Gasteiger charge is -2.08. The fourth-order valence-electron chi connectivity index (χ4n) is 1.33. The molecule has 1 N–H and O–H groups in total. The Balaban J connectivity index is 2.23. The summed E-state index contributed by atoms with van der Waals surface area (Å²) in [6.07, 6.45) is 1.64. The summed E-state index contributed by atoms with van der Waals surface area (Å²) in [6.45, 7) is 0. The Labute approximate surface area is 125 Å². The van der Waals surface area contributed by atoms with Gasteiger partial charge in [-0.3, -0.25) is 10.1 Å². The van der Waals surface area contributed by atoms with Gasteiger partial charge in [0, 0.05) is 4.47 Å². The van der Waals surface area contributed by atoms with Crippen LogP contribution in [0.1, 0.15) is 10.4 Å². The number of benzene rings is 1. The molecule has 2 aromatic rings. The fraction of sp³-hybridized carbons (Fsp3) is 0.0909. The second-order valence-electron chi connectivity index (χ2n) is 3.27. The lowest BCUT2D eigenvalue weighted by molar-refractivity contribution is 0.102. The Morgan fingerprint density at radius 3 is 2.83 bits per heavy atom. The summed E-state index contributed by atoms with van der Waals surface area (Å²) in [7, 11) is 1.53. The molecule has 18 heavy (non-hydrogen) atoms. The molecule has 0 bridgehead atoms. The second kappa shape index (κ2) is 5.81. The van der Waals surface area contributed by atoms with Crippen LogP contribution in [0.4, 0.5) is 5.13 Å². The Hall–Kier alpha value is -0.920. The first-order valence-electron chi connectivity index (χ1n) is 4.86. The van der Waals surface area contributed by atoms with Crippen molar-refractivity contribution in [2.45, 2.75) is 0 Å². The van der Waals surface area contributed by atoms with Crippen molar-refractivity contribution in [2.75, 3.05) is 12.4 Å². The minimum atomic E-state index is -0.249. The van der Waals surface area contributed by atoms with E-state index >= 15 is 0 Å². The fourth-order valence-corrected chi connectivity index (χ4v) is 2.77. The van der Waals surface area contributed by atoms with Crippen LogP contribution >= 0.6 is 43.2 Å². The standard InChI is InChI=1S/C11H8Br2N2O2S/c1-17-8-4-6(12)2-3-7(8)10(16)15-11-14-5-9(13)18-11/h2-5H,1H3,(H,14,15,16). The maximum Gasteiger partial charge on any atom is 0.261 e. The summed E-state index contributed by atoms with van der Waals surface area (Å²) in [5, 5.41) is 3.26. The molecule has 0 aliphatic carbocycles. The van der Waals surface area contributed by atoms with E-state index in [2.05, 4.69) is 42.2 Å². The van der Waals surface area contributed by atoms with E-state index in [1.54, 1.807) is 24.4 Å². The molecular weight excluding hydrogens is 384 g/mol. The van der Waals surface area contributed by atoms with Crippen LogP contribution in [-0.4, -0.2) is 18.0 Å². The van der Waals surface area contributed by atoms with Gasteiger partial charge in [-0.2, -0.15) is 0 Å². The zero-order valence-corrected chi connectivity index (χ0v) is 13.2. The third kappa shape index (κ3) is 3.09. The van der Waals surface area contributed by atoms with E-state index in [-0.39, 0.29) is 5.91 Å². The van der Waals surface area contributed by atoms with Gasteiger partial charge in [-0.05, 0) is 34.1 Å². The highest BCUT2D eigenvalue weighted by Gasteiger charge is 2.14. The van der Waals surface area contributed by atoms with Crippen molar-refractivity contribution in [1.29, 1.82) is 0 Å². The maximum atomic E-state index is 12.1. The molecule has 2 rings (SSSR count). The van der Waals surface area contributed by atoms with Crippen molar-refractivity contribution in [1.82, 2.24) is 4.98 Å². The predicted molar refractivity (Wildman–Crippen MR) is 78.5 cm³/mol. The van der Waals surface area contributed by atoms with Crippen LogP contribution < -0.4 is 10.1 Å². The number of anilines is 1. The van der Waals surface area contributed by atoms with Crippen molar-refractivity contribution in [3.05, 3.63) is 38.2 Å². The molecule has 1 aromatic heterocycles. The second-order valence-corrected chi connectivity index (χ2v) is 6.59. The van der Waals surface area contributed by atoms with E-state index in [1.807, 2.05) is 0 Å². The molecule has 0 atom stereocenters. The molecule has 7 heteroatoms. The summed E-state index contributed by atoms with van der Waals surface area (Å²) in [5.41, 5.74) is 0.465. The number of hydrogen-bond acceptors (Lipinski definition) is 4. The quantitative estimate of drug-likeness (QED) is 0.862. The molecule has 1 heterocycles. The number of hydrogen-bond donors (Lipinski definition) is 1. The number of amides is 1. The molecule has 0 unspecified atom stereocenters. The molecular formula is C11H8Br2N2O2S. The van der Waals surface area contributed by atoms with Gasteiger partial charge in [0.05, 0.1) is 22.7 Å². The molecule has 0 fully saturated rings. The van der Waals surface area contributed by atoms with Crippen LogP contribution in [-0.2, 0) is 0 Å². The first kappa shape index (κ1) is 13.5. The van der Waals surface area contributed by atoms with Gasteiger partial charge in [-0.15, -0.1) is 0 Å². The predicted octanol–water partition coefficient (Wildman–Crippen LogP) is 3.93. The molecule has 0 saturated carbocycles. The van der Waals surface area contributed by atoms with Gasteiger partial charge >= 0.3 is 0 Å². The summed E-state index contributed by atoms with van der Waals surface area (Å²) >= 11 is 7.97. The van der Waals surface area contributed by atoms with Crippen molar-refractivity contribution in [3.8, 4) is 5.75 Å². The Morgan fingerprint density at radius 1 is 1.44 bits per heavy atom. The summed E-state index contributed by atoms with van der Waals surface area (Å²) in [6, 6.07) is 5.22. The van der Waals surface area contributed by atoms with Crippen LogP contribution in [0.5, 0.6) is 5.75 Å². The molecule has 1 amide bonds. The number of aromatic nitrogens is 1. The van der Waals surface area contributed by atoms with Crippen molar-refractivity contribution in [2.24, 2.45) is 0 Å². The van der Waals surface area contributed by atoms with Gasteiger partial charge in [-0.25, -0.2) is 4.98 Å². The first-order chi connectivity index (χ1) is 8.60. The molecule has 0 aliphatic heterocycles. The average molecular weight is 392 g/mol. The zero-order chi connectivity index (χ0) is 13.1.